The first kappa shape index (κ1) is 24.0. The van der Waals surface area contributed by atoms with E-state index >= 15 is 0 Å². The zero-order valence-electron chi connectivity index (χ0n) is 15.1. The molecule has 11 heteroatoms. The Morgan fingerprint density at radius 2 is 1.85 bits per heavy atom. The maximum Gasteiger partial charge on any atom is 0.511 e. The lowest BCUT2D eigenvalue weighted by atomic mass is 9.98. The van der Waals surface area contributed by atoms with Gasteiger partial charge in [-0.25, -0.2) is 8.42 Å². The van der Waals surface area contributed by atoms with Crippen molar-refractivity contribution in [1.82, 2.24) is 4.31 Å². The molecule has 0 atom stereocenters. The number of aryl methyl sites for hydroxylation is 2. The van der Waals surface area contributed by atoms with Gasteiger partial charge in [0.05, 0.1) is 0 Å². The molecule has 0 aromatic heterocycles. The van der Waals surface area contributed by atoms with E-state index in [2.05, 4.69) is 10.3 Å². The van der Waals surface area contributed by atoms with Gasteiger partial charge in [0.2, 0.25) is 0 Å². The molecule has 0 saturated carbocycles. The summed E-state index contributed by atoms with van der Waals surface area (Å²) < 4.78 is 60.9. The number of alkyl halides is 3. The van der Waals surface area contributed by atoms with Crippen LogP contribution in [0.25, 0.3) is 0 Å². The van der Waals surface area contributed by atoms with Crippen molar-refractivity contribution < 1.29 is 21.6 Å². The molecule has 1 aliphatic rings. The summed E-state index contributed by atoms with van der Waals surface area (Å²) in [6.07, 6.45) is 0.630. The molecule has 1 aromatic rings. The summed E-state index contributed by atoms with van der Waals surface area (Å²) in [4.78, 5) is 4.22. The third-order valence-corrected chi connectivity index (χ3v) is 6.14. The molecular formula is C16H24F3IN4O2S. The fraction of sp³-hybridized carbons (Fsp3) is 0.562. The van der Waals surface area contributed by atoms with Crippen LogP contribution in [0.4, 0.5) is 18.9 Å². The van der Waals surface area contributed by atoms with Gasteiger partial charge in [0.1, 0.15) is 0 Å². The van der Waals surface area contributed by atoms with Crippen LogP contribution in [0.5, 0.6) is 0 Å². The second-order valence-electron chi connectivity index (χ2n) is 6.44. The van der Waals surface area contributed by atoms with Gasteiger partial charge in [-0.1, -0.05) is 6.07 Å². The molecule has 0 aliphatic carbocycles. The molecule has 3 N–H and O–H groups in total. The summed E-state index contributed by atoms with van der Waals surface area (Å²) in [5, 5.41) is 2.98. The van der Waals surface area contributed by atoms with E-state index in [9.17, 15) is 21.6 Å². The van der Waals surface area contributed by atoms with Gasteiger partial charge in [0.15, 0.2) is 5.96 Å². The average molecular weight is 520 g/mol. The number of guanidine groups is 1. The van der Waals surface area contributed by atoms with E-state index in [-0.39, 0.29) is 48.9 Å². The van der Waals surface area contributed by atoms with Gasteiger partial charge < -0.3 is 11.1 Å². The van der Waals surface area contributed by atoms with E-state index < -0.39 is 15.5 Å². The second-order valence-corrected chi connectivity index (χ2v) is 8.37. The quantitative estimate of drug-likeness (QED) is 0.363. The molecule has 154 valence electrons. The fourth-order valence-electron chi connectivity index (χ4n) is 2.71. The Bertz CT molecular complexity index is 776. The maximum atomic E-state index is 12.6. The minimum atomic E-state index is -5.25. The van der Waals surface area contributed by atoms with Crippen molar-refractivity contribution in [3.8, 4) is 0 Å². The summed E-state index contributed by atoms with van der Waals surface area (Å²) in [5.74, 6) is 0.216. The standard InChI is InChI=1S/C16H23F3N4O2S.HI/c1-11-3-4-14(9-12(11)2)22-15(20)21-10-13-5-7-23(8-6-13)26(24,25)16(17,18)19;/h3-4,9,13H,5-8,10H2,1-2H3,(H3,20,21,22);1H. The van der Waals surface area contributed by atoms with Gasteiger partial charge in [-0.3, -0.25) is 4.99 Å². The van der Waals surface area contributed by atoms with E-state index in [4.69, 9.17) is 5.73 Å². The molecule has 1 saturated heterocycles. The number of anilines is 1. The van der Waals surface area contributed by atoms with Crippen LogP contribution in [-0.2, 0) is 10.0 Å². The van der Waals surface area contributed by atoms with Crippen molar-refractivity contribution in [1.29, 1.82) is 0 Å². The largest absolute Gasteiger partial charge is 0.511 e. The Kier molecular flexibility index (Phi) is 8.35. The Labute approximate surface area is 174 Å². The van der Waals surface area contributed by atoms with E-state index in [0.717, 1.165) is 16.8 Å². The Morgan fingerprint density at radius 1 is 1.26 bits per heavy atom. The van der Waals surface area contributed by atoms with Crippen molar-refractivity contribution in [3.05, 3.63) is 29.3 Å². The number of nitrogens with one attached hydrogen (secondary N) is 1. The number of benzene rings is 1. The highest BCUT2D eigenvalue weighted by atomic mass is 127. The van der Waals surface area contributed by atoms with E-state index in [1.165, 1.54) is 0 Å². The molecular weight excluding hydrogens is 496 g/mol. The number of halogens is 4. The van der Waals surface area contributed by atoms with E-state index in [1.54, 1.807) is 0 Å². The lowest BCUT2D eigenvalue weighted by Gasteiger charge is -2.30. The number of hydrogen-bond acceptors (Lipinski definition) is 3. The lowest BCUT2D eigenvalue weighted by molar-refractivity contribution is -0.0496. The molecule has 1 aliphatic heterocycles. The van der Waals surface area contributed by atoms with Crippen LogP contribution in [0, 0.1) is 19.8 Å². The second kappa shape index (κ2) is 9.41. The molecule has 27 heavy (non-hydrogen) atoms. The summed E-state index contributed by atoms with van der Waals surface area (Å²) >= 11 is 0. The fourth-order valence-corrected chi connectivity index (χ4v) is 3.70. The molecule has 0 amide bonds. The average Bonchev–Trinajstić information content (AvgIpc) is 2.56. The Balaban J connectivity index is 0.00000364. The maximum absolute atomic E-state index is 12.6. The molecule has 1 aromatic carbocycles. The van der Waals surface area contributed by atoms with Crippen molar-refractivity contribution >= 4 is 45.6 Å². The predicted octanol–water partition coefficient (Wildman–Crippen LogP) is 3.21. The summed E-state index contributed by atoms with van der Waals surface area (Å²) in [6, 6.07) is 5.78. The van der Waals surface area contributed by atoms with E-state index in [1.807, 2.05) is 32.0 Å². The smallest absolute Gasteiger partial charge is 0.370 e. The minimum absolute atomic E-state index is 0. The number of piperidine rings is 1. The van der Waals surface area contributed by atoms with Crippen LogP contribution in [0.2, 0.25) is 0 Å². The summed E-state index contributed by atoms with van der Waals surface area (Å²) in [6.45, 7) is 4.00. The van der Waals surface area contributed by atoms with Gasteiger partial charge in [-0.15, -0.1) is 24.0 Å². The van der Waals surface area contributed by atoms with Crippen LogP contribution in [-0.4, -0.2) is 43.8 Å². The topological polar surface area (TPSA) is 87.8 Å². The Hall–Kier alpha value is -1.08. The first-order valence-electron chi connectivity index (χ1n) is 8.21. The van der Waals surface area contributed by atoms with Crippen molar-refractivity contribution in [2.45, 2.75) is 32.2 Å². The van der Waals surface area contributed by atoms with Crippen LogP contribution in [0.15, 0.2) is 23.2 Å². The number of rotatable bonds is 4. The highest BCUT2D eigenvalue weighted by Gasteiger charge is 2.50. The Morgan fingerprint density at radius 3 is 2.37 bits per heavy atom. The lowest BCUT2D eigenvalue weighted by Crippen LogP contribution is -2.45. The summed E-state index contributed by atoms with van der Waals surface area (Å²) in [7, 11) is -5.24. The minimum Gasteiger partial charge on any atom is -0.370 e. The molecule has 1 fully saturated rings. The third kappa shape index (κ3) is 6.21. The number of sulfonamides is 1. The van der Waals surface area contributed by atoms with E-state index in [0.29, 0.717) is 23.7 Å². The first-order valence-corrected chi connectivity index (χ1v) is 9.65. The zero-order chi connectivity index (χ0) is 19.5. The van der Waals surface area contributed by atoms with Gasteiger partial charge in [-0.05, 0) is 55.9 Å². The van der Waals surface area contributed by atoms with Gasteiger partial charge in [0.25, 0.3) is 0 Å². The molecule has 0 spiro atoms. The monoisotopic (exact) mass is 520 g/mol. The highest BCUT2D eigenvalue weighted by Crippen LogP contribution is 2.30. The van der Waals surface area contributed by atoms with Crippen LogP contribution in [0.3, 0.4) is 0 Å². The van der Waals surface area contributed by atoms with Crippen molar-refractivity contribution in [2.24, 2.45) is 16.6 Å². The SMILES string of the molecule is Cc1ccc(NC(N)=NCC2CCN(S(=O)(=O)C(F)(F)F)CC2)cc1C.I. The third-order valence-electron chi connectivity index (χ3n) is 4.51. The van der Waals surface area contributed by atoms with Crippen molar-refractivity contribution in [2.75, 3.05) is 25.0 Å². The normalized spacial score (nSPS) is 17.4. The zero-order valence-corrected chi connectivity index (χ0v) is 18.2. The number of hydrogen-bond donors (Lipinski definition) is 2. The van der Waals surface area contributed by atoms with Gasteiger partial charge in [0, 0.05) is 25.3 Å². The number of nitrogens with two attached hydrogens (primary N) is 1. The predicted molar refractivity (Wildman–Crippen MR) is 111 cm³/mol. The highest BCUT2D eigenvalue weighted by molar-refractivity contribution is 14.0. The summed E-state index contributed by atoms with van der Waals surface area (Å²) in [5.41, 5.74) is 3.67. The molecule has 0 radical (unpaired) electrons. The molecule has 0 unspecified atom stereocenters. The molecule has 0 bridgehead atoms. The molecule has 1 heterocycles. The van der Waals surface area contributed by atoms with Gasteiger partial charge in [-0.2, -0.15) is 17.5 Å². The first-order chi connectivity index (χ1) is 12.0. The molecule has 2 rings (SSSR count). The van der Waals surface area contributed by atoms with Crippen LogP contribution in [0.1, 0.15) is 24.0 Å². The van der Waals surface area contributed by atoms with Crippen LogP contribution < -0.4 is 11.1 Å². The number of nitrogens with zero attached hydrogens (tertiary/aromatic N) is 2. The van der Waals surface area contributed by atoms with Crippen molar-refractivity contribution in [3.63, 3.8) is 0 Å². The van der Waals surface area contributed by atoms with Crippen LogP contribution >= 0.6 is 24.0 Å². The number of aliphatic imine (C=N–C) groups is 1. The van der Waals surface area contributed by atoms with Gasteiger partial charge >= 0.3 is 15.5 Å². The molecule has 6 nitrogen and oxygen atoms in total.